The van der Waals surface area contributed by atoms with Gasteiger partial charge in [0, 0.05) is 0 Å². The van der Waals surface area contributed by atoms with Crippen LogP contribution in [0.4, 0.5) is 5.69 Å². The molecule has 0 spiro atoms. The first-order chi connectivity index (χ1) is 17.1. The van der Waals surface area contributed by atoms with Crippen molar-refractivity contribution in [1.82, 2.24) is 4.31 Å². The van der Waals surface area contributed by atoms with E-state index >= 15 is 0 Å². The van der Waals surface area contributed by atoms with Crippen molar-refractivity contribution in [3.63, 3.8) is 0 Å². The number of benzene rings is 2. The van der Waals surface area contributed by atoms with Crippen molar-refractivity contribution in [1.29, 1.82) is 0 Å². The zero-order valence-electron chi connectivity index (χ0n) is 21.1. The fraction of sp³-hybridized carbons (Fsp3) is 0.333. The fourth-order valence-corrected chi connectivity index (χ4v) is 6.70. The summed E-state index contributed by atoms with van der Waals surface area (Å²) in [6, 6.07) is 10.6. The Bertz CT molecular complexity index is 1370. The molecule has 2 aromatic carbocycles. The number of imide groups is 1. The molecule has 2 amide bonds. The maximum atomic E-state index is 14.2. The third kappa shape index (κ3) is 4.56. The van der Waals surface area contributed by atoms with Gasteiger partial charge in [-0.05, 0) is 93.3 Å². The number of amides is 2. The summed E-state index contributed by atoms with van der Waals surface area (Å²) in [6.45, 7) is 9.40. The van der Waals surface area contributed by atoms with E-state index in [4.69, 9.17) is 9.15 Å². The predicted molar refractivity (Wildman–Crippen MR) is 135 cm³/mol. The Hall–Kier alpha value is -3.43. The van der Waals surface area contributed by atoms with Crippen molar-refractivity contribution in [2.45, 2.75) is 58.5 Å². The van der Waals surface area contributed by atoms with Gasteiger partial charge in [0.25, 0.3) is 5.91 Å². The van der Waals surface area contributed by atoms with E-state index in [-0.39, 0.29) is 17.9 Å². The van der Waals surface area contributed by atoms with Crippen molar-refractivity contribution in [3.8, 4) is 5.75 Å². The Morgan fingerprint density at radius 1 is 1.03 bits per heavy atom. The Kier molecular flexibility index (Phi) is 7.06. The molecule has 0 saturated carbocycles. The molecule has 0 bridgehead atoms. The topological polar surface area (TPSA) is 97.1 Å². The van der Waals surface area contributed by atoms with E-state index in [1.165, 1.54) is 6.26 Å². The van der Waals surface area contributed by atoms with Crippen molar-refractivity contribution in [2.75, 3.05) is 11.5 Å². The van der Waals surface area contributed by atoms with Crippen LogP contribution in [0.1, 0.15) is 41.4 Å². The number of sulfonamides is 1. The molecular formula is C27H30N2O6S. The lowest BCUT2D eigenvalue weighted by Crippen LogP contribution is -2.45. The highest BCUT2D eigenvalue weighted by Gasteiger charge is 2.48. The van der Waals surface area contributed by atoms with Crippen molar-refractivity contribution < 1.29 is 27.2 Å². The molecule has 1 aliphatic rings. The summed E-state index contributed by atoms with van der Waals surface area (Å²) >= 11 is 0. The third-order valence-corrected chi connectivity index (χ3v) is 8.76. The zero-order valence-corrected chi connectivity index (χ0v) is 21.9. The molecule has 1 atom stereocenters. The molecule has 0 radical (unpaired) electrons. The average Bonchev–Trinajstić information content (AvgIpc) is 3.44. The van der Waals surface area contributed by atoms with E-state index in [0.717, 1.165) is 20.3 Å². The number of carbonyl (C=O) groups excluding carboxylic acids is 2. The number of rotatable bonds is 8. The van der Waals surface area contributed by atoms with Crippen LogP contribution in [0.3, 0.4) is 0 Å². The maximum Gasteiger partial charge on any atom is 0.252 e. The van der Waals surface area contributed by atoms with Crippen LogP contribution >= 0.6 is 0 Å². The van der Waals surface area contributed by atoms with Crippen LogP contribution in [-0.2, 0) is 26.2 Å². The molecule has 4 rings (SSSR count). The largest absolute Gasteiger partial charge is 0.494 e. The van der Waals surface area contributed by atoms with Gasteiger partial charge in [0.2, 0.25) is 15.9 Å². The second kappa shape index (κ2) is 9.91. The first-order valence-electron chi connectivity index (χ1n) is 11.8. The normalized spacial score (nSPS) is 16.3. The van der Waals surface area contributed by atoms with Gasteiger partial charge in [0.05, 0.1) is 36.4 Å². The van der Waals surface area contributed by atoms with E-state index in [9.17, 15) is 18.0 Å². The quantitative estimate of drug-likeness (QED) is 0.416. The molecule has 0 N–H and O–H groups in total. The minimum atomic E-state index is -4.19. The molecule has 0 aliphatic carbocycles. The van der Waals surface area contributed by atoms with E-state index in [1.807, 2.05) is 26.8 Å². The van der Waals surface area contributed by atoms with Gasteiger partial charge in [-0.25, -0.2) is 13.3 Å². The lowest BCUT2D eigenvalue weighted by molar-refractivity contribution is -0.122. The minimum absolute atomic E-state index is 0.159. The average molecular weight is 511 g/mol. The maximum absolute atomic E-state index is 14.2. The van der Waals surface area contributed by atoms with Gasteiger partial charge in [-0.15, -0.1) is 0 Å². The summed E-state index contributed by atoms with van der Waals surface area (Å²) in [5.74, 6) is -0.0839. The Balaban J connectivity index is 1.78. The van der Waals surface area contributed by atoms with Crippen LogP contribution in [-0.4, -0.2) is 37.2 Å². The van der Waals surface area contributed by atoms with Gasteiger partial charge in [-0.2, -0.15) is 4.31 Å². The first kappa shape index (κ1) is 25.7. The summed E-state index contributed by atoms with van der Waals surface area (Å²) < 4.78 is 40.4. The lowest BCUT2D eigenvalue weighted by Gasteiger charge is -2.28. The van der Waals surface area contributed by atoms with Crippen LogP contribution in [0.15, 0.2) is 58.0 Å². The minimum Gasteiger partial charge on any atom is -0.494 e. The highest BCUT2D eigenvalue weighted by atomic mass is 32.2. The van der Waals surface area contributed by atoms with Crippen LogP contribution in [0.5, 0.6) is 5.75 Å². The molecule has 1 aliphatic heterocycles. The van der Waals surface area contributed by atoms with Gasteiger partial charge in [-0.3, -0.25) is 9.59 Å². The predicted octanol–water partition coefficient (Wildman–Crippen LogP) is 4.43. The zero-order chi connectivity index (χ0) is 26.2. The number of hydrogen-bond acceptors (Lipinski definition) is 6. The summed E-state index contributed by atoms with van der Waals surface area (Å²) in [7, 11) is -4.19. The number of furan rings is 1. The summed E-state index contributed by atoms with van der Waals surface area (Å²) in [6.07, 6.45) is 1.18. The van der Waals surface area contributed by atoms with Crippen LogP contribution in [0.25, 0.3) is 0 Å². The molecule has 9 heteroatoms. The summed E-state index contributed by atoms with van der Waals surface area (Å²) in [5.41, 5.74) is 3.26. The Morgan fingerprint density at radius 2 is 1.67 bits per heavy atom. The first-order valence-corrected chi connectivity index (χ1v) is 13.2. The van der Waals surface area contributed by atoms with Crippen molar-refractivity contribution in [2.24, 2.45) is 0 Å². The molecule has 3 aromatic rings. The second-order valence-electron chi connectivity index (χ2n) is 8.93. The van der Waals surface area contributed by atoms with Gasteiger partial charge in [0.1, 0.15) is 17.6 Å². The Morgan fingerprint density at radius 3 is 2.22 bits per heavy atom. The number of anilines is 1. The molecule has 8 nitrogen and oxygen atoms in total. The van der Waals surface area contributed by atoms with E-state index in [0.29, 0.717) is 34.9 Å². The molecule has 1 aromatic heterocycles. The van der Waals surface area contributed by atoms with Crippen LogP contribution in [0, 0.1) is 27.7 Å². The fourth-order valence-electron chi connectivity index (χ4n) is 4.57. The standard InChI is InChI=1S/C27H30N2O6S/c1-6-34-22-11-9-21(10-12-22)29-25(30)15-24(27(29)31)28(16-23-8-7-13-35-23)36(32,33)26-19(4)17(2)14-18(3)20(26)5/h7-14,24H,6,15-16H2,1-5H3. The molecule has 36 heavy (non-hydrogen) atoms. The van der Waals surface area contributed by atoms with Gasteiger partial charge in [-0.1, -0.05) is 6.07 Å². The molecule has 190 valence electrons. The third-order valence-electron chi connectivity index (χ3n) is 6.63. The summed E-state index contributed by atoms with van der Waals surface area (Å²) in [5, 5.41) is 0. The van der Waals surface area contributed by atoms with E-state index in [2.05, 4.69) is 0 Å². The molecule has 2 heterocycles. The van der Waals surface area contributed by atoms with Gasteiger partial charge >= 0.3 is 0 Å². The van der Waals surface area contributed by atoms with Crippen molar-refractivity contribution in [3.05, 3.63) is 76.7 Å². The molecule has 1 unspecified atom stereocenters. The van der Waals surface area contributed by atoms with Crippen LogP contribution in [0.2, 0.25) is 0 Å². The SMILES string of the molecule is CCOc1ccc(N2C(=O)CC(N(Cc3ccco3)S(=O)(=O)c3c(C)c(C)cc(C)c3C)C2=O)cc1. The van der Waals surface area contributed by atoms with Gasteiger partial charge in [0.15, 0.2) is 0 Å². The monoisotopic (exact) mass is 510 g/mol. The highest BCUT2D eigenvalue weighted by Crippen LogP contribution is 2.35. The van der Waals surface area contributed by atoms with Crippen molar-refractivity contribution >= 4 is 27.5 Å². The highest BCUT2D eigenvalue weighted by molar-refractivity contribution is 7.89. The molecular weight excluding hydrogens is 480 g/mol. The van der Waals surface area contributed by atoms with E-state index in [1.54, 1.807) is 50.2 Å². The number of aryl methyl sites for hydroxylation is 2. The lowest BCUT2D eigenvalue weighted by atomic mass is 10.0. The molecule has 1 saturated heterocycles. The molecule has 1 fully saturated rings. The van der Waals surface area contributed by atoms with E-state index < -0.39 is 27.9 Å². The van der Waals surface area contributed by atoms with Crippen LogP contribution < -0.4 is 9.64 Å². The van der Waals surface area contributed by atoms with Gasteiger partial charge < -0.3 is 9.15 Å². The number of nitrogens with zero attached hydrogens (tertiary/aromatic N) is 2. The number of hydrogen-bond donors (Lipinski definition) is 0. The number of ether oxygens (including phenoxy) is 1. The number of carbonyl (C=O) groups is 2. The summed E-state index contributed by atoms with van der Waals surface area (Å²) in [4.78, 5) is 27.9. The Labute approximate surface area is 211 Å². The smallest absolute Gasteiger partial charge is 0.252 e. The second-order valence-corrected chi connectivity index (χ2v) is 10.8.